The molecule has 1 aliphatic heterocycles. The highest BCUT2D eigenvalue weighted by Gasteiger charge is 2.28. The molecule has 0 aliphatic carbocycles. The molecule has 0 unspecified atom stereocenters. The third kappa shape index (κ3) is 5.64. The molecule has 1 heterocycles. The van der Waals surface area contributed by atoms with Crippen LogP contribution in [0.1, 0.15) is 10.4 Å². The molecule has 0 spiro atoms. The van der Waals surface area contributed by atoms with Gasteiger partial charge in [-0.2, -0.15) is 4.31 Å². The predicted octanol–water partition coefficient (Wildman–Crippen LogP) is 3.10. The lowest BCUT2D eigenvalue weighted by Crippen LogP contribution is -2.50. The molecule has 1 saturated heterocycles. The van der Waals surface area contributed by atoms with Crippen molar-refractivity contribution in [2.24, 2.45) is 0 Å². The zero-order valence-corrected chi connectivity index (χ0v) is 20.0. The highest BCUT2D eigenvalue weighted by molar-refractivity contribution is 7.89. The molecule has 1 aliphatic rings. The lowest BCUT2D eigenvalue weighted by Gasteiger charge is -2.34. The Kier molecular flexibility index (Phi) is 7.62. The van der Waals surface area contributed by atoms with Gasteiger partial charge in [0.1, 0.15) is 5.75 Å². The van der Waals surface area contributed by atoms with Crippen molar-refractivity contribution < 1.29 is 17.9 Å². The Labute approximate surface area is 201 Å². The number of nitrogens with zero attached hydrogens (tertiary/aromatic N) is 2. The van der Waals surface area contributed by atoms with Crippen LogP contribution < -0.4 is 10.1 Å². The van der Waals surface area contributed by atoms with Gasteiger partial charge >= 0.3 is 0 Å². The number of rotatable bonds is 8. The number of methoxy groups -OCH3 is 1. The van der Waals surface area contributed by atoms with E-state index in [1.54, 1.807) is 31.4 Å². The summed E-state index contributed by atoms with van der Waals surface area (Å²) in [7, 11) is -1.97. The van der Waals surface area contributed by atoms with Gasteiger partial charge in [-0.3, -0.25) is 9.69 Å². The fourth-order valence-corrected chi connectivity index (χ4v) is 5.39. The molecule has 0 aromatic heterocycles. The maximum Gasteiger partial charge on any atom is 0.251 e. The lowest BCUT2D eigenvalue weighted by atomic mass is 10.0. The van der Waals surface area contributed by atoms with E-state index in [1.165, 1.54) is 4.31 Å². The van der Waals surface area contributed by atoms with Gasteiger partial charge in [0.25, 0.3) is 5.91 Å². The van der Waals surface area contributed by atoms with Crippen LogP contribution in [-0.4, -0.2) is 69.9 Å². The molecule has 8 heteroatoms. The normalized spacial score (nSPS) is 15.1. The van der Waals surface area contributed by atoms with Crippen molar-refractivity contribution in [2.45, 2.75) is 4.90 Å². The topological polar surface area (TPSA) is 79.0 Å². The largest absolute Gasteiger partial charge is 0.497 e. The van der Waals surface area contributed by atoms with Crippen molar-refractivity contribution in [3.63, 3.8) is 0 Å². The van der Waals surface area contributed by atoms with Crippen LogP contribution in [0.4, 0.5) is 0 Å². The van der Waals surface area contributed by atoms with Gasteiger partial charge < -0.3 is 10.1 Å². The first-order chi connectivity index (χ1) is 16.5. The number of amides is 1. The van der Waals surface area contributed by atoms with E-state index in [1.807, 2.05) is 54.6 Å². The van der Waals surface area contributed by atoms with Crippen LogP contribution in [0.2, 0.25) is 0 Å². The Morgan fingerprint density at radius 3 is 2.09 bits per heavy atom. The monoisotopic (exact) mass is 479 g/mol. The molecule has 0 radical (unpaired) electrons. The fourth-order valence-electron chi connectivity index (χ4n) is 3.96. The molecule has 3 aromatic carbocycles. The highest BCUT2D eigenvalue weighted by atomic mass is 32.2. The first-order valence-corrected chi connectivity index (χ1v) is 12.7. The lowest BCUT2D eigenvalue weighted by molar-refractivity contribution is 0.0945. The van der Waals surface area contributed by atoms with Gasteiger partial charge in [0.2, 0.25) is 10.0 Å². The molecule has 1 N–H and O–H groups in total. The van der Waals surface area contributed by atoms with Crippen LogP contribution in [0, 0.1) is 0 Å². The van der Waals surface area contributed by atoms with Crippen molar-refractivity contribution in [1.82, 2.24) is 14.5 Å². The van der Waals surface area contributed by atoms with Gasteiger partial charge in [0, 0.05) is 44.8 Å². The highest BCUT2D eigenvalue weighted by Crippen LogP contribution is 2.21. The molecule has 1 amide bonds. The van der Waals surface area contributed by atoms with E-state index < -0.39 is 10.0 Å². The second-order valence-corrected chi connectivity index (χ2v) is 10.1. The van der Waals surface area contributed by atoms with Crippen molar-refractivity contribution in [1.29, 1.82) is 0 Å². The van der Waals surface area contributed by atoms with Crippen LogP contribution in [0.15, 0.2) is 83.8 Å². The van der Waals surface area contributed by atoms with Crippen LogP contribution in [0.25, 0.3) is 11.1 Å². The van der Waals surface area contributed by atoms with Crippen LogP contribution >= 0.6 is 0 Å². The number of hydrogen-bond donors (Lipinski definition) is 1. The molecule has 7 nitrogen and oxygen atoms in total. The van der Waals surface area contributed by atoms with Gasteiger partial charge in [-0.25, -0.2) is 8.42 Å². The summed E-state index contributed by atoms with van der Waals surface area (Å²) in [6.45, 7) is 3.26. The number of hydrogen-bond acceptors (Lipinski definition) is 5. The van der Waals surface area contributed by atoms with Crippen LogP contribution in [0.3, 0.4) is 0 Å². The van der Waals surface area contributed by atoms with Gasteiger partial charge in [-0.15, -0.1) is 0 Å². The molecular formula is C26H29N3O4S. The molecule has 34 heavy (non-hydrogen) atoms. The second-order valence-electron chi connectivity index (χ2n) is 8.12. The van der Waals surface area contributed by atoms with Gasteiger partial charge in [-0.1, -0.05) is 42.5 Å². The summed E-state index contributed by atoms with van der Waals surface area (Å²) >= 11 is 0. The maximum atomic E-state index is 12.9. The first-order valence-electron chi connectivity index (χ1n) is 11.3. The molecule has 0 bridgehead atoms. The molecule has 178 valence electrons. The van der Waals surface area contributed by atoms with E-state index in [0.29, 0.717) is 50.6 Å². The smallest absolute Gasteiger partial charge is 0.251 e. The zero-order valence-electron chi connectivity index (χ0n) is 19.2. The quantitative estimate of drug-likeness (QED) is 0.537. The fraction of sp³-hybridized carbons (Fsp3) is 0.269. The minimum atomic E-state index is -3.52. The summed E-state index contributed by atoms with van der Waals surface area (Å²) in [5, 5.41) is 2.96. The molecular weight excluding hydrogens is 450 g/mol. The van der Waals surface area contributed by atoms with E-state index >= 15 is 0 Å². The average molecular weight is 480 g/mol. The van der Waals surface area contributed by atoms with E-state index in [9.17, 15) is 13.2 Å². The number of carbonyl (C=O) groups is 1. The Hall–Kier alpha value is -3.20. The Morgan fingerprint density at radius 1 is 0.853 bits per heavy atom. The summed E-state index contributed by atoms with van der Waals surface area (Å²) in [6, 6.07) is 24.1. The van der Waals surface area contributed by atoms with Crippen molar-refractivity contribution in [3.05, 3.63) is 84.4 Å². The standard InChI is InChI=1S/C26H29N3O4S/c1-33-24-11-13-25(14-12-24)34(31,32)29-19-17-28(18-20-29)16-15-27-26(30)23-9-7-22(8-10-23)21-5-3-2-4-6-21/h2-14H,15-20H2,1H3,(H,27,30). The maximum absolute atomic E-state index is 12.9. The van der Waals surface area contributed by atoms with E-state index in [4.69, 9.17) is 4.74 Å². The summed E-state index contributed by atoms with van der Waals surface area (Å²) in [5.74, 6) is 0.512. The number of benzene rings is 3. The third-order valence-corrected chi connectivity index (χ3v) is 7.91. The SMILES string of the molecule is COc1ccc(S(=O)(=O)N2CCN(CCNC(=O)c3ccc(-c4ccccc4)cc3)CC2)cc1. The summed E-state index contributed by atoms with van der Waals surface area (Å²) in [6.07, 6.45) is 0. The first kappa shape index (κ1) is 23.9. The van der Waals surface area contributed by atoms with E-state index in [-0.39, 0.29) is 10.8 Å². The second kappa shape index (κ2) is 10.8. The zero-order chi connectivity index (χ0) is 24.0. The Bertz CT molecular complexity index is 1190. The van der Waals surface area contributed by atoms with Crippen molar-refractivity contribution >= 4 is 15.9 Å². The van der Waals surface area contributed by atoms with Crippen molar-refractivity contribution in [2.75, 3.05) is 46.4 Å². The summed E-state index contributed by atoms with van der Waals surface area (Å²) < 4.78 is 32.4. The molecule has 1 fully saturated rings. The minimum Gasteiger partial charge on any atom is -0.497 e. The Balaban J connectivity index is 1.23. The van der Waals surface area contributed by atoms with Gasteiger partial charge in [0.15, 0.2) is 0 Å². The van der Waals surface area contributed by atoms with Crippen molar-refractivity contribution in [3.8, 4) is 16.9 Å². The third-order valence-electron chi connectivity index (χ3n) is 6.00. The number of ether oxygens (including phenoxy) is 1. The van der Waals surface area contributed by atoms with E-state index in [2.05, 4.69) is 10.2 Å². The van der Waals surface area contributed by atoms with Gasteiger partial charge in [0.05, 0.1) is 12.0 Å². The predicted molar refractivity (Wildman–Crippen MR) is 132 cm³/mol. The molecule has 4 rings (SSSR count). The Morgan fingerprint density at radius 2 is 1.47 bits per heavy atom. The average Bonchev–Trinajstić information content (AvgIpc) is 2.89. The number of nitrogens with one attached hydrogen (secondary N) is 1. The van der Waals surface area contributed by atoms with Crippen LogP contribution in [-0.2, 0) is 10.0 Å². The summed E-state index contributed by atoms with van der Waals surface area (Å²) in [4.78, 5) is 14.9. The molecule has 3 aromatic rings. The molecule has 0 atom stereocenters. The van der Waals surface area contributed by atoms with E-state index in [0.717, 1.165) is 11.1 Å². The van der Waals surface area contributed by atoms with Gasteiger partial charge in [-0.05, 0) is 47.5 Å². The van der Waals surface area contributed by atoms with Crippen LogP contribution in [0.5, 0.6) is 5.75 Å². The number of sulfonamides is 1. The minimum absolute atomic E-state index is 0.111. The summed E-state index contributed by atoms with van der Waals surface area (Å²) in [5.41, 5.74) is 2.80. The number of carbonyl (C=O) groups excluding carboxylic acids is 1. The molecule has 0 saturated carbocycles. The number of piperazine rings is 1.